The fourth-order valence-corrected chi connectivity index (χ4v) is 1.17. The quantitative estimate of drug-likeness (QED) is 0.350. The van der Waals surface area contributed by atoms with Crippen molar-refractivity contribution in [1.29, 1.82) is 0 Å². The summed E-state index contributed by atoms with van der Waals surface area (Å²) in [7, 11) is 0. The third kappa shape index (κ3) is 2.24. The lowest BCUT2D eigenvalue weighted by atomic mass is 10.1. The highest BCUT2D eigenvalue weighted by Gasteiger charge is 2.25. The average Bonchev–Trinajstić information content (AvgIpc) is 2.16. The molecule has 0 aliphatic heterocycles. The average molecular weight is 237 g/mol. The predicted molar refractivity (Wildman–Crippen MR) is 46.2 cm³/mol. The summed E-state index contributed by atoms with van der Waals surface area (Å²) in [5.74, 6) is -0.965. The smallest absolute Gasteiger partial charge is 0.358 e. The molecule has 1 rings (SSSR count). The van der Waals surface area contributed by atoms with E-state index in [-0.39, 0.29) is 6.29 Å². The van der Waals surface area contributed by atoms with Crippen molar-refractivity contribution >= 4 is 23.7 Å². The summed E-state index contributed by atoms with van der Waals surface area (Å²) in [6, 6.07) is 0.725. The summed E-state index contributed by atoms with van der Waals surface area (Å²) in [5, 5.41) is 9.93. The summed E-state index contributed by atoms with van der Waals surface area (Å²) in [5.41, 5.74) is -1.55. The van der Waals surface area contributed by atoms with E-state index >= 15 is 0 Å². The van der Waals surface area contributed by atoms with Crippen LogP contribution in [0.4, 0.5) is 14.6 Å². The Labute approximate surface area is 86.8 Å². The molecular weight excluding hydrogens is 234 g/mol. The van der Waals surface area contributed by atoms with Gasteiger partial charge in [-0.2, -0.15) is 0 Å². The molecule has 0 atom stereocenters. The summed E-state index contributed by atoms with van der Waals surface area (Å²) >= 11 is 5.30. The number of hydrogen-bond acceptors (Lipinski definition) is 4. The molecule has 0 saturated heterocycles. The normalized spacial score (nSPS) is 10.4. The SMILES string of the molecule is O=Cc1c(C(F)F)cc(Cl)nc1[N+](=O)[O-]. The first-order valence-corrected chi connectivity index (χ1v) is 3.93. The zero-order chi connectivity index (χ0) is 11.6. The van der Waals surface area contributed by atoms with Crippen molar-refractivity contribution in [3.63, 3.8) is 0 Å². The molecule has 0 fully saturated rings. The molecule has 0 saturated carbocycles. The van der Waals surface area contributed by atoms with Crippen LogP contribution in [0.1, 0.15) is 22.3 Å². The van der Waals surface area contributed by atoms with Crippen molar-refractivity contribution in [3.8, 4) is 0 Å². The number of carbonyl (C=O) groups excluding carboxylic acids is 1. The summed E-state index contributed by atoms with van der Waals surface area (Å²) in [6.45, 7) is 0. The number of hydrogen-bond donors (Lipinski definition) is 0. The van der Waals surface area contributed by atoms with Gasteiger partial charge in [0.05, 0.1) is 0 Å². The minimum absolute atomic E-state index is 0.0387. The Morgan fingerprint density at radius 1 is 1.60 bits per heavy atom. The minimum atomic E-state index is -3.02. The maximum absolute atomic E-state index is 12.4. The highest BCUT2D eigenvalue weighted by Crippen LogP contribution is 2.29. The van der Waals surface area contributed by atoms with Crippen LogP contribution in [0, 0.1) is 10.1 Å². The monoisotopic (exact) mass is 236 g/mol. The van der Waals surface area contributed by atoms with Gasteiger partial charge >= 0.3 is 5.82 Å². The van der Waals surface area contributed by atoms with E-state index in [0.717, 1.165) is 6.07 Å². The van der Waals surface area contributed by atoms with Gasteiger partial charge < -0.3 is 10.1 Å². The molecule has 0 aliphatic carbocycles. The lowest BCUT2D eigenvalue weighted by Gasteiger charge is -2.03. The van der Waals surface area contributed by atoms with Crippen molar-refractivity contribution < 1.29 is 18.5 Å². The van der Waals surface area contributed by atoms with Gasteiger partial charge in [0.15, 0.2) is 6.29 Å². The number of nitro groups is 1. The molecule has 1 aromatic rings. The number of alkyl halides is 2. The van der Waals surface area contributed by atoms with Crippen LogP contribution in [0.3, 0.4) is 0 Å². The first-order chi connectivity index (χ1) is 6.97. The lowest BCUT2D eigenvalue weighted by Crippen LogP contribution is -2.03. The van der Waals surface area contributed by atoms with Crippen LogP contribution in [-0.2, 0) is 0 Å². The van der Waals surface area contributed by atoms with E-state index in [1.807, 2.05) is 0 Å². The van der Waals surface area contributed by atoms with Crippen molar-refractivity contribution in [2.75, 3.05) is 0 Å². The number of halogens is 3. The number of nitrogens with zero attached hydrogens (tertiary/aromatic N) is 2. The summed E-state index contributed by atoms with van der Waals surface area (Å²) in [6.07, 6.45) is -3.06. The van der Waals surface area contributed by atoms with Gasteiger partial charge in [-0.25, -0.2) is 8.78 Å². The van der Waals surface area contributed by atoms with Crippen molar-refractivity contribution in [2.24, 2.45) is 0 Å². The molecule has 8 heteroatoms. The molecule has 0 radical (unpaired) electrons. The fourth-order valence-electron chi connectivity index (χ4n) is 0.969. The van der Waals surface area contributed by atoms with Crippen LogP contribution in [-0.4, -0.2) is 16.2 Å². The molecule has 0 N–H and O–H groups in total. The lowest BCUT2D eigenvalue weighted by molar-refractivity contribution is -0.389. The van der Waals surface area contributed by atoms with Crippen LogP contribution >= 0.6 is 11.6 Å². The third-order valence-corrected chi connectivity index (χ3v) is 1.76. The van der Waals surface area contributed by atoms with Crippen molar-refractivity contribution in [2.45, 2.75) is 6.43 Å². The second-order valence-electron chi connectivity index (χ2n) is 2.45. The van der Waals surface area contributed by atoms with Crippen LogP contribution < -0.4 is 0 Å². The topological polar surface area (TPSA) is 73.1 Å². The Balaban J connectivity index is 3.52. The van der Waals surface area contributed by atoms with Crippen molar-refractivity contribution in [3.05, 3.63) is 32.5 Å². The minimum Gasteiger partial charge on any atom is -0.358 e. The number of aldehydes is 1. The molecule has 0 unspecified atom stereocenters. The van der Waals surface area contributed by atoms with Gasteiger partial charge in [0.25, 0.3) is 6.43 Å². The number of carbonyl (C=O) groups is 1. The predicted octanol–water partition coefficient (Wildman–Crippen LogP) is 2.39. The van der Waals surface area contributed by atoms with Gasteiger partial charge in [-0.3, -0.25) is 4.79 Å². The van der Waals surface area contributed by atoms with Gasteiger partial charge in [0.2, 0.25) is 5.15 Å². The van der Waals surface area contributed by atoms with E-state index in [1.165, 1.54) is 0 Å². The Hall–Kier alpha value is -1.63. The molecule has 1 heterocycles. The Bertz CT molecular complexity index is 425. The number of rotatable bonds is 3. The van der Waals surface area contributed by atoms with Crippen LogP contribution in [0.15, 0.2) is 6.07 Å². The Kier molecular flexibility index (Phi) is 3.25. The fraction of sp³-hybridized carbons (Fsp3) is 0.143. The molecular formula is C7H3ClF2N2O3. The maximum atomic E-state index is 12.4. The van der Waals surface area contributed by atoms with Gasteiger partial charge in [-0.05, 0) is 21.5 Å². The summed E-state index contributed by atoms with van der Waals surface area (Å²) in [4.78, 5) is 23.0. The van der Waals surface area contributed by atoms with E-state index in [2.05, 4.69) is 4.98 Å². The number of pyridine rings is 1. The van der Waals surface area contributed by atoms with Gasteiger partial charge in [0, 0.05) is 11.6 Å². The molecule has 15 heavy (non-hydrogen) atoms. The van der Waals surface area contributed by atoms with Crippen LogP contribution in [0.5, 0.6) is 0 Å². The first kappa shape index (κ1) is 11.4. The van der Waals surface area contributed by atoms with E-state index in [4.69, 9.17) is 11.6 Å². The van der Waals surface area contributed by atoms with Gasteiger partial charge in [-0.1, -0.05) is 0 Å². The third-order valence-electron chi connectivity index (χ3n) is 1.57. The van der Waals surface area contributed by atoms with Crippen molar-refractivity contribution in [1.82, 2.24) is 4.98 Å². The standard InChI is InChI=1S/C7H3ClF2N2O3/c8-5-1-3(6(9)10)4(2-13)7(11-5)12(14)15/h1-2,6H. The van der Waals surface area contributed by atoms with Crippen LogP contribution in [0.25, 0.3) is 0 Å². The molecule has 1 aromatic heterocycles. The molecule has 5 nitrogen and oxygen atoms in total. The molecule has 0 spiro atoms. The number of aromatic nitrogens is 1. The first-order valence-electron chi connectivity index (χ1n) is 3.55. The second kappa shape index (κ2) is 4.26. The largest absolute Gasteiger partial charge is 0.376 e. The van der Waals surface area contributed by atoms with Crippen LogP contribution in [0.2, 0.25) is 5.15 Å². The summed E-state index contributed by atoms with van der Waals surface area (Å²) < 4.78 is 24.7. The molecule has 0 aromatic carbocycles. The highest BCUT2D eigenvalue weighted by molar-refractivity contribution is 6.29. The van der Waals surface area contributed by atoms with E-state index in [1.54, 1.807) is 0 Å². The van der Waals surface area contributed by atoms with E-state index < -0.39 is 33.4 Å². The highest BCUT2D eigenvalue weighted by atomic mass is 35.5. The van der Waals surface area contributed by atoms with Gasteiger partial charge in [-0.15, -0.1) is 0 Å². The Morgan fingerprint density at radius 2 is 2.20 bits per heavy atom. The van der Waals surface area contributed by atoms with E-state index in [9.17, 15) is 23.7 Å². The zero-order valence-corrected chi connectivity index (χ0v) is 7.74. The molecule has 80 valence electrons. The second-order valence-corrected chi connectivity index (χ2v) is 2.83. The molecule has 0 aliphatic rings. The van der Waals surface area contributed by atoms with Gasteiger partial charge in [0.1, 0.15) is 5.56 Å². The molecule has 0 amide bonds. The molecule has 0 bridgehead atoms. The van der Waals surface area contributed by atoms with E-state index in [0.29, 0.717) is 0 Å². The Morgan fingerprint density at radius 3 is 2.60 bits per heavy atom. The maximum Gasteiger partial charge on any atom is 0.376 e. The zero-order valence-electron chi connectivity index (χ0n) is 6.99.